The van der Waals surface area contributed by atoms with E-state index in [1.807, 2.05) is 6.08 Å². The molecule has 3 heterocycles. The van der Waals surface area contributed by atoms with Crippen LogP contribution in [0.5, 0.6) is 0 Å². The number of rotatable bonds is 19. The third-order valence-electron chi connectivity index (χ3n) is 13.8. The summed E-state index contributed by atoms with van der Waals surface area (Å²) in [7, 11) is 6.79. The first kappa shape index (κ1) is 54.2. The van der Waals surface area contributed by atoms with E-state index >= 15 is 0 Å². The number of nitrogens with zero attached hydrogens (tertiary/aromatic N) is 2. The number of likely N-dealkylation sites (tertiary alicyclic amines) is 1. The van der Waals surface area contributed by atoms with Gasteiger partial charge in [-0.3, -0.25) is 28.8 Å². The van der Waals surface area contributed by atoms with Gasteiger partial charge < -0.3 is 39.4 Å². The van der Waals surface area contributed by atoms with Crippen molar-refractivity contribution in [2.24, 2.45) is 22.7 Å². The molecule has 0 aromatic carbocycles. The first-order chi connectivity index (χ1) is 29.8. The molecule has 5 rings (SSSR count). The van der Waals surface area contributed by atoms with Gasteiger partial charge in [-0.1, -0.05) is 50.0 Å². The van der Waals surface area contributed by atoms with Crippen molar-refractivity contribution >= 4 is 35.3 Å². The SMILES string of the molecule is C=CCCCCC[C@H](NC)C(=O)N1CC(OC)C[C@H]1C(=O)C[C@]1(C(=O)OCC)C[C@H]1C=C.CCOC(=O)[C@]12CC(=O)[C@@H]3CC(OC)CN3C(=O)[C@@H](NC)CCCCC/C=C\[C@@H]1C2.[Ru]. The zero-order chi connectivity index (χ0) is 45.5. The van der Waals surface area contributed by atoms with Crippen LogP contribution in [0.25, 0.3) is 0 Å². The molecule has 2 saturated heterocycles. The normalized spacial score (nSPS) is 31.3. The van der Waals surface area contributed by atoms with Crippen LogP contribution in [0.15, 0.2) is 37.5 Å². The fourth-order valence-corrected chi connectivity index (χ4v) is 9.73. The van der Waals surface area contributed by atoms with Crippen molar-refractivity contribution in [2.75, 3.05) is 54.6 Å². The number of likely N-dealkylation sites (N-methyl/N-ethyl adjacent to an activating group) is 2. The van der Waals surface area contributed by atoms with Gasteiger partial charge in [0.25, 0.3) is 0 Å². The summed E-state index contributed by atoms with van der Waals surface area (Å²) in [5.41, 5.74) is -1.60. The Morgan fingerprint density at radius 3 is 2.24 bits per heavy atom. The van der Waals surface area contributed by atoms with Crippen LogP contribution in [0.3, 0.4) is 0 Å². The number of hydrogen-bond acceptors (Lipinski definition) is 12. The number of esters is 2. The maximum atomic E-state index is 13.4. The Labute approximate surface area is 389 Å². The van der Waals surface area contributed by atoms with Crippen LogP contribution in [0.1, 0.15) is 117 Å². The number of carbonyl (C=O) groups excluding carboxylic acids is 6. The third-order valence-corrected chi connectivity index (χ3v) is 13.8. The Balaban J connectivity index is 0.000000331. The van der Waals surface area contributed by atoms with Crippen LogP contribution in [0, 0.1) is 22.7 Å². The Morgan fingerprint density at radius 1 is 0.921 bits per heavy atom. The number of ether oxygens (including phenoxy) is 4. The average Bonchev–Trinajstić information content (AvgIpc) is 4.02. The molecule has 0 bridgehead atoms. The minimum atomic E-state index is -0.831. The zero-order valence-electron chi connectivity index (χ0n) is 38.8. The largest absolute Gasteiger partial charge is 0.466 e. The van der Waals surface area contributed by atoms with Crippen molar-refractivity contribution in [2.45, 2.75) is 153 Å². The first-order valence-electron chi connectivity index (χ1n) is 23.2. The van der Waals surface area contributed by atoms with E-state index in [9.17, 15) is 28.8 Å². The number of carbonyl (C=O) groups is 6. The van der Waals surface area contributed by atoms with Gasteiger partial charge in [0, 0.05) is 72.5 Å². The molecule has 2 N–H and O–H groups in total. The minimum Gasteiger partial charge on any atom is -0.466 e. The van der Waals surface area contributed by atoms with Crippen LogP contribution >= 0.6 is 0 Å². The molecular weight excluding hydrogens is 894 g/mol. The van der Waals surface area contributed by atoms with Gasteiger partial charge >= 0.3 is 11.9 Å². The third kappa shape index (κ3) is 13.7. The summed E-state index contributed by atoms with van der Waals surface area (Å²) >= 11 is 0. The molecule has 2 amide bonds. The molecule has 0 spiro atoms. The van der Waals surface area contributed by atoms with Gasteiger partial charge in [-0.15, -0.1) is 13.2 Å². The van der Waals surface area contributed by atoms with Crippen LogP contribution in [-0.2, 0) is 67.2 Å². The molecule has 5 aliphatic rings. The van der Waals surface area contributed by atoms with Gasteiger partial charge in [0.1, 0.15) is 0 Å². The molecule has 0 radical (unpaired) electrons. The number of Topliss-reactive ketones (excluding diaryl/α,β-unsaturated/α-hetero) is 2. The average molecular weight is 970 g/mol. The number of methoxy groups -OCH3 is 2. The molecular formula is C48H76N4O10Ru. The topological polar surface area (TPSA) is 170 Å². The molecule has 14 nitrogen and oxygen atoms in total. The molecule has 10 atom stereocenters. The molecule has 4 fully saturated rings. The number of hydrogen-bond donors (Lipinski definition) is 2. The van der Waals surface area contributed by atoms with E-state index in [0.717, 1.165) is 57.8 Å². The summed E-state index contributed by atoms with van der Waals surface area (Å²) in [5.74, 6) is -0.923. The Kier molecular flexibility index (Phi) is 22.5. The number of amides is 2. The second kappa shape index (κ2) is 26.2. The van der Waals surface area contributed by atoms with Crippen LogP contribution in [0.2, 0.25) is 0 Å². The Hall–Kier alpha value is -3.10. The van der Waals surface area contributed by atoms with E-state index < -0.39 is 22.9 Å². The first-order valence-corrected chi connectivity index (χ1v) is 23.2. The van der Waals surface area contributed by atoms with Crippen molar-refractivity contribution < 1.29 is 67.2 Å². The van der Waals surface area contributed by atoms with Crippen molar-refractivity contribution in [3.8, 4) is 0 Å². The predicted molar refractivity (Wildman–Crippen MR) is 237 cm³/mol. The summed E-state index contributed by atoms with van der Waals surface area (Å²) in [6.45, 7) is 12.5. The van der Waals surface area contributed by atoms with Gasteiger partial charge in [0.05, 0.1) is 60.4 Å². The van der Waals surface area contributed by atoms with E-state index in [1.165, 1.54) is 0 Å². The fourth-order valence-electron chi connectivity index (χ4n) is 9.73. The monoisotopic (exact) mass is 970 g/mol. The molecule has 63 heavy (non-hydrogen) atoms. The summed E-state index contributed by atoms with van der Waals surface area (Å²) in [6.07, 6.45) is 19.3. The molecule has 2 aliphatic carbocycles. The van der Waals surface area contributed by atoms with Crippen LogP contribution < -0.4 is 10.6 Å². The van der Waals surface area contributed by atoms with Gasteiger partial charge in [0.2, 0.25) is 11.8 Å². The van der Waals surface area contributed by atoms with E-state index in [2.05, 4.69) is 35.9 Å². The summed E-state index contributed by atoms with van der Waals surface area (Å²) < 4.78 is 21.6. The standard InChI is InChI=1S/C25H40N2O5.C23H36N2O5.Ru/c1-6-9-10-11-12-13-20(26-4)23(29)27-17-19(31-5)14-21(27)22(28)16-25(15-18(25)7-2)24(30)32-8-3;1-4-30-22(28)23-13-16(23)10-8-6-5-7-9-11-18(24-2)21(27)25-15-17(29-3)12-19(25)20(26)14-23;/h6-7,18-21,26H,1-2,8-17H2,3-5H3;8,10,16-19,24H,4-7,9,11-15H2,1-3H3;/b;10-8-;/t18-,19?,20+,21+,25-;16-,17?,18+,19+,23-;/m11./s1. The zero-order valence-corrected chi connectivity index (χ0v) is 40.6. The van der Waals surface area contributed by atoms with Gasteiger partial charge in [-0.05, 0) is 91.1 Å². The van der Waals surface area contributed by atoms with E-state index in [4.69, 9.17) is 18.9 Å². The van der Waals surface area contributed by atoms with Crippen molar-refractivity contribution in [3.63, 3.8) is 0 Å². The van der Waals surface area contributed by atoms with Crippen molar-refractivity contribution in [1.82, 2.24) is 20.4 Å². The Morgan fingerprint density at radius 2 is 1.62 bits per heavy atom. The summed E-state index contributed by atoms with van der Waals surface area (Å²) in [5, 5.41) is 6.26. The molecule has 2 saturated carbocycles. The number of allylic oxidation sites excluding steroid dienone is 4. The predicted octanol–water partition coefficient (Wildman–Crippen LogP) is 5.28. The molecule has 15 heteroatoms. The smallest absolute Gasteiger partial charge is 0.313 e. The fraction of sp³-hybridized carbons (Fsp3) is 0.750. The molecule has 356 valence electrons. The summed E-state index contributed by atoms with van der Waals surface area (Å²) in [4.78, 5) is 82.0. The number of unbranched alkanes of at least 4 members (excludes halogenated alkanes) is 3. The van der Waals surface area contributed by atoms with Crippen LogP contribution in [-0.4, -0.2) is 136 Å². The van der Waals surface area contributed by atoms with Crippen molar-refractivity contribution in [1.29, 1.82) is 0 Å². The Bertz CT molecular complexity index is 1610. The molecule has 0 aromatic heterocycles. The minimum absolute atomic E-state index is 0. The second-order valence-electron chi connectivity index (χ2n) is 17.8. The van der Waals surface area contributed by atoms with E-state index in [1.54, 1.807) is 58.0 Å². The summed E-state index contributed by atoms with van der Waals surface area (Å²) in [6, 6.07) is -1.77. The quantitative estimate of drug-likeness (QED) is 0.0745. The molecule has 0 aromatic rings. The maximum Gasteiger partial charge on any atom is 0.313 e. The maximum absolute atomic E-state index is 13.4. The van der Waals surface area contributed by atoms with E-state index in [0.29, 0.717) is 51.8 Å². The number of ketones is 2. The van der Waals surface area contributed by atoms with Crippen molar-refractivity contribution in [3.05, 3.63) is 37.5 Å². The van der Waals surface area contributed by atoms with Gasteiger partial charge in [-0.25, -0.2) is 0 Å². The molecule has 3 aliphatic heterocycles. The second-order valence-corrected chi connectivity index (χ2v) is 17.8. The number of nitrogens with one attached hydrogen (secondary N) is 2. The molecule has 2 unspecified atom stereocenters. The van der Waals surface area contributed by atoms with Crippen LogP contribution in [0.4, 0.5) is 0 Å². The van der Waals surface area contributed by atoms with Gasteiger partial charge in [-0.2, -0.15) is 0 Å². The van der Waals surface area contributed by atoms with E-state index in [-0.39, 0.29) is 110 Å². The van der Waals surface area contributed by atoms with Gasteiger partial charge in [0.15, 0.2) is 11.6 Å². The number of fused-ring (bicyclic) bond motifs is 2.